The van der Waals surface area contributed by atoms with Gasteiger partial charge in [-0.05, 0) is 11.4 Å². The second kappa shape index (κ2) is 7.21. The molecule has 0 spiro atoms. The molecule has 0 unspecified atom stereocenters. The summed E-state index contributed by atoms with van der Waals surface area (Å²) in [4.78, 5) is 27.4. The van der Waals surface area contributed by atoms with Gasteiger partial charge in [-0.15, -0.1) is 11.3 Å². The van der Waals surface area contributed by atoms with Crippen LogP contribution in [0.2, 0.25) is 0 Å². The summed E-state index contributed by atoms with van der Waals surface area (Å²) in [7, 11) is 1.59. The number of carbonyl (C=O) groups is 1. The van der Waals surface area contributed by atoms with E-state index in [1.54, 1.807) is 18.5 Å². The van der Waals surface area contributed by atoms with E-state index in [1.807, 2.05) is 0 Å². The van der Waals surface area contributed by atoms with Gasteiger partial charge < -0.3 is 10.1 Å². The summed E-state index contributed by atoms with van der Waals surface area (Å²) in [5.41, 5.74) is 0.434. The lowest BCUT2D eigenvalue weighted by molar-refractivity contribution is -0.160. The molecule has 23 heavy (non-hydrogen) atoms. The minimum absolute atomic E-state index is 0.0822. The number of thioether (sulfide) groups is 1. The molecule has 0 saturated heterocycles. The summed E-state index contributed by atoms with van der Waals surface area (Å²) in [5, 5.41) is 4.43. The Bertz CT molecular complexity index is 757. The molecular weight excluding hydrogens is 355 g/mol. The summed E-state index contributed by atoms with van der Waals surface area (Å²) in [6.45, 7) is -1.55. The molecule has 2 rings (SSSR count). The fourth-order valence-electron chi connectivity index (χ4n) is 1.59. The summed E-state index contributed by atoms with van der Waals surface area (Å²) in [6.07, 6.45) is -5.69. The molecule has 0 aromatic carbocycles. The molecule has 2 aromatic rings. The van der Waals surface area contributed by atoms with Crippen molar-refractivity contribution in [1.82, 2.24) is 14.9 Å². The van der Waals surface area contributed by atoms with Crippen LogP contribution in [-0.2, 0) is 11.8 Å². The van der Waals surface area contributed by atoms with E-state index in [-0.39, 0.29) is 12.1 Å². The zero-order valence-corrected chi connectivity index (χ0v) is 13.5. The summed E-state index contributed by atoms with van der Waals surface area (Å²) >= 11 is 2.52. The first-order chi connectivity index (χ1) is 10.8. The predicted molar refractivity (Wildman–Crippen MR) is 81.0 cm³/mol. The van der Waals surface area contributed by atoms with Crippen LogP contribution in [0.1, 0.15) is 0 Å². The van der Waals surface area contributed by atoms with Gasteiger partial charge in [0.2, 0.25) is 0 Å². The van der Waals surface area contributed by atoms with Gasteiger partial charge in [0.1, 0.15) is 4.70 Å². The van der Waals surface area contributed by atoms with Gasteiger partial charge in [0.15, 0.2) is 11.8 Å². The Morgan fingerprint density at radius 2 is 2.26 bits per heavy atom. The van der Waals surface area contributed by atoms with Gasteiger partial charge in [-0.25, -0.2) is 9.78 Å². The van der Waals surface area contributed by atoms with Crippen LogP contribution in [0.25, 0.3) is 10.2 Å². The number of nitrogens with one attached hydrogen (secondary N) is 1. The van der Waals surface area contributed by atoms with Gasteiger partial charge in [0.05, 0.1) is 5.52 Å². The van der Waals surface area contributed by atoms with Crippen molar-refractivity contribution in [3.8, 4) is 0 Å². The Kier molecular flexibility index (Phi) is 5.52. The molecule has 0 atom stereocenters. The zero-order valence-electron chi connectivity index (χ0n) is 11.8. The van der Waals surface area contributed by atoms with Crippen molar-refractivity contribution in [3.63, 3.8) is 0 Å². The van der Waals surface area contributed by atoms with E-state index in [4.69, 9.17) is 0 Å². The second-order valence-corrected chi connectivity index (χ2v) is 6.34. The topological polar surface area (TPSA) is 73.2 Å². The molecule has 126 valence electrons. The number of nitrogens with zero attached hydrogens (tertiary/aromatic N) is 2. The number of fused-ring (bicyclic) bond motifs is 1. The van der Waals surface area contributed by atoms with Gasteiger partial charge in [0.25, 0.3) is 5.56 Å². The number of alkyl halides is 3. The first-order valence-corrected chi connectivity index (χ1v) is 8.19. The smallest absolute Gasteiger partial charge is 0.422 e. The lowest BCUT2D eigenvalue weighted by atomic mass is 10.5. The number of thiophene rings is 1. The standard InChI is InChI=1S/C12H12F3N3O3S2/c1-18-9(19)8-7(2-4-22-8)17-10(18)23-5-3-16-11(20)21-6-12(13,14)15/h2,4H,3,5-6H2,1H3,(H,16,20). The number of alkyl carbamates (subject to hydrolysis) is 1. The molecule has 0 aliphatic carbocycles. The number of carbonyl (C=O) groups excluding carboxylic acids is 1. The Morgan fingerprint density at radius 3 is 2.96 bits per heavy atom. The SMILES string of the molecule is Cn1c(SCCNC(=O)OCC(F)(F)F)nc2ccsc2c1=O. The van der Waals surface area contributed by atoms with E-state index >= 15 is 0 Å². The Balaban J connectivity index is 1.84. The Labute approximate surface area is 136 Å². The van der Waals surface area contributed by atoms with Crippen molar-refractivity contribution < 1.29 is 22.7 Å². The van der Waals surface area contributed by atoms with Crippen molar-refractivity contribution in [2.75, 3.05) is 18.9 Å². The van der Waals surface area contributed by atoms with Crippen molar-refractivity contribution in [1.29, 1.82) is 0 Å². The third-order valence-electron chi connectivity index (χ3n) is 2.62. The highest BCUT2D eigenvalue weighted by Crippen LogP contribution is 2.19. The maximum Gasteiger partial charge on any atom is 0.422 e. The van der Waals surface area contributed by atoms with Crippen molar-refractivity contribution in [2.45, 2.75) is 11.3 Å². The van der Waals surface area contributed by atoms with E-state index < -0.39 is 18.9 Å². The van der Waals surface area contributed by atoms with Gasteiger partial charge >= 0.3 is 12.3 Å². The maximum absolute atomic E-state index is 12.1. The zero-order chi connectivity index (χ0) is 17.0. The summed E-state index contributed by atoms with van der Waals surface area (Å²) in [5.74, 6) is 0.330. The molecular formula is C12H12F3N3O3S2. The van der Waals surface area contributed by atoms with E-state index in [0.717, 1.165) is 0 Å². The van der Waals surface area contributed by atoms with Crippen LogP contribution in [0.3, 0.4) is 0 Å². The molecule has 0 bridgehead atoms. The highest BCUT2D eigenvalue weighted by atomic mass is 32.2. The van der Waals surface area contributed by atoms with Gasteiger partial charge in [-0.2, -0.15) is 13.2 Å². The number of amides is 1. The van der Waals surface area contributed by atoms with E-state index in [0.29, 0.717) is 21.1 Å². The number of aromatic nitrogens is 2. The Hall–Kier alpha value is -1.75. The molecule has 0 fully saturated rings. The summed E-state index contributed by atoms with van der Waals surface area (Å²) in [6, 6.07) is 1.73. The van der Waals surface area contributed by atoms with Crippen molar-refractivity contribution in [2.24, 2.45) is 7.05 Å². The Morgan fingerprint density at radius 1 is 1.52 bits per heavy atom. The average molecular weight is 367 g/mol. The van der Waals surface area contributed by atoms with Crippen LogP contribution < -0.4 is 10.9 Å². The third-order valence-corrected chi connectivity index (χ3v) is 4.54. The highest BCUT2D eigenvalue weighted by Gasteiger charge is 2.29. The molecule has 1 N–H and O–H groups in total. The molecule has 0 saturated carbocycles. The van der Waals surface area contributed by atoms with Crippen LogP contribution in [0, 0.1) is 0 Å². The molecule has 1 amide bonds. The summed E-state index contributed by atoms with van der Waals surface area (Å²) < 4.78 is 41.5. The molecule has 0 aliphatic heterocycles. The van der Waals surface area contributed by atoms with Crippen LogP contribution in [0.4, 0.5) is 18.0 Å². The van der Waals surface area contributed by atoms with Gasteiger partial charge in [-0.1, -0.05) is 11.8 Å². The first kappa shape index (κ1) is 17.6. The fourth-order valence-corrected chi connectivity index (χ4v) is 3.22. The lowest BCUT2D eigenvalue weighted by Gasteiger charge is -2.09. The maximum atomic E-state index is 12.1. The van der Waals surface area contributed by atoms with E-state index in [1.165, 1.54) is 27.7 Å². The van der Waals surface area contributed by atoms with Crippen LogP contribution in [-0.4, -0.2) is 40.7 Å². The quantitative estimate of drug-likeness (QED) is 0.499. The number of hydrogen-bond acceptors (Lipinski definition) is 6. The van der Waals surface area contributed by atoms with E-state index in [9.17, 15) is 22.8 Å². The average Bonchev–Trinajstić information content (AvgIpc) is 2.94. The molecule has 0 aliphatic rings. The van der Waals surface area contributed by atoms with Crippen LogP contribution in [0.5, 0.6) is 0 Å². The first-order valence-electron chi connectivity index (χ1n) is 6.32. The highest BCUT2D eigenvalue weighted by molar-refractivity contribution is 7.99. The molecule has 2 heterocycles. The minimum atomic E-state index is -4.55. The van der Waals surface area contributed by atoms with Crippen molar-refractivity contribution >= 4 is 39.4 Å². The molecule has 2 aromatic heterocycles. The lowest BCUT2D eigenvalue weighted by Crippen LogP contribution is -2.30. The minimum Gasteiger partial charge on any atom is -0.440 e. The second-order valence-electron chi connectivity index (χ2n) is 4.36. The van der Waals surface area contributed by atoms with Crippen LogP contribution >= 0.6 is 23.1 Å². The number of hydrogen-bond donors (Lipinski definition) is 1. The van der Waals surface area contributed by atoms with E-state index in [2.05, 4.69) is 15.0 Å². The monoisotopic (exact) mass is 367 g/mol. The largest absolute Gasteiger partial charge is 0.440 e. The van der Waals surface area contributed by atoms with Crippen molar-refractivity contribution in [3.05, 3.63) is 21.8 Å². The predicted octanol–water partition coefficient (Wildman–Crippen LogP) is 2.38. The fraction of sp³-hybridized carbons (Fsp3) is 0.417. The third kappa shape index (κ3) is 4.86. The van der Waals surface area contributed by atoms with Gasteiger partial charge in [0, 0.05) is 19.3 Å². The molecule has 6 nitrogen and oxygen atoms in total. The van der Waals surface area contributed by atoms with Crippen LogP contribution in [0.15, 0.2) is 21.4 Å². The number of ether oxygens (including phenoxy) is 1. The normalized spacial score (nSPS) is 11.7. The van der Waals surface area contributed by atoms with Gasteiger partial charge in [-0.3, -0.25) is 9.36 Å². The number of rotatable bonds is 5. The molecule has 0 radical (unpaired) electrons. The molecule has 11 heteroatoms. The number of halogens is 3.